The van der Waals surface area contributed by atoms with Gasteiger partial charge in [0.1, 0.15) is 30.5 Å². The second-order valence-electron chi connectivity index (χ2n) is 13.8. The zero-order chi connectivity index (χ0) is 34.8. The van der Waals surface area contributed by atoms with Crippen LogP contribution in [0.4, 0.5) is 0 Å². The molecular formula is C36H53N5O7. The minimum atomic E-state index is -0.990. The highest BCUT2D eigenvalue weighted by atomic mass is 16.5. The highest BCUT2D eigenvalue weighted by Crippen LogP contribution is 2.27. The number of cyclic esters (lactones) is 1. The van der Waals surface area contributed by atoms with E-state index >= 15 is 0 Å². The summed E-state index contributed by atoms with van der Waals surface area (Å²) in [4.78, 5) is 62.5. The molecule has 0 radical (unpaired) electrons. The van der Waals surface area contributed by atoms with Crippen LogP contribution >= 0.6 is 0 Å². The number of rotatable bonds is 5. The molecule has 3 aliphatic rings. The molecule has 2 bridgehead atoms. The summed E-state index contributed by atoms with van der Waals surface area (Å²) in [6, 6.07) is -0.234. The number of aliphatic hydroxyl groups excluding tert-OH is 1. The number of oxazole rings is 1. The number of Topliss-reactive ketones (excluding diaryl/α,β-unsaturated/α-hetero) is 1. The number of piperidine rings is 1. The molecule has 4 rings (SSSR count). The van der Waals surface area contributed by atoms with Gasteiger partial charge >= 0.3 is 5.97 Å². The number of fused-ring (bicyclic) bond motifs is 3. The van der Waals surface area contributed by atoms with E-state index in [1.165, 1.54) is 11.2 Å². The van der Waals surface area contributed by atoms with E-state index in [2.05, 4.69) is 41.1 Å². The van der Waals surface area contributed by atoms with Gasteiger partial charge in [0, 0.05) is 56.1 Å². The van der Waals surface area contributed by atoms with Gasteiger partial charge in [-0.25, -0.2) is 9.78 Å². The second-order valence-corrected chi connectivity index (χ2v) is 13.8. The Hall–Kier alpha value is -3.45. The molecule has 264 valence electrons. The number of amides is 1. The summed E-state index contributed by atoms with van der Waals surface area (Å²) in [6.07, 6.45) is 10.6. The van der Waals surface area contributed by atoms with Crippen LogP contribution in [0.1, 0.15) is 69.3 Å². The summed E-state index contributed by atoms with van der Waals surface area (Å²) in [5.74, 6) is -1.46. The number of nitrogens with zero attached hydrogens (tertiary/aromatic N) is 4. The normalized spacial score (nSPS) is 30.1. The highest BCUT2D eigenvalue weighted by molar-refractivity contribution is 5.95. The monoisotopic (exact) mass is 667 g/mol. The molecule has 2 saturated heterocycles. The predicted octanol–water partition coefficient (Wildman–Crippen LogP) is 2.58. The largest absolute Gasteiger partial charge is 0.460 e. The average Bonchev–Trinajstić information content (AvgIpc) is 3.72. The molecule has 3 aliphatic heterocycles. The van der Waals surface area contributed by atoms with Crippen molar-refractivity contribution in [3.63, 3.8) is 0 Å². The van der Waals surface area contributed by atoms with Crippen molar-refractivity contribution < 1.29 is 33.4 Å². The Morgan fingerprint density at radius 3 is 2.60 bits per heavy atom. The molecule has 0 unspecified atom stereocenters. The number of likely N-dealkylation sites (tertiary alicyclic amines) is 1. The van der Waals surface area contributed by atoms with Gasteiger partial charge in [-0.2, -0.15) is 0 Å². The number of ether oxygens (including phenoxy) is 1. The summed E-state index contributed by atoms with van der Waals surface area (Å²) in [5, 5.41) is 13.7. The number of ketones is 1. The number of allylic oxidation sites excluding steroid dienone is 2. The maximum Gasteiger partial charge on any atom is 0.329 e. The molecule has 0 saturated carbocycles. The van der Waals surface area contributed by atoms with Crippen LogP contribution in [0.5, 0.6) is 0 Å². The molecule has 0 aliphatic carbocycles. The molecule has 1 aromatic rings. The van der Waals surface area contributed by atoms with E-state index < -0.39 is 30.1 Å². The Bertz CT molecular complexity index is 1360. The summed E-state index contributed by atoms with van der Waals surface area (Å²) >= 11 is 0. The number of aromatic nitrogens is 1. The molecule has 4 heterocycles. The van der Waals surface area contributed by atoms with Gasteiger partial charge in [-0.3, -0.25) is 14.4 Å². The second kappa shape index (κ2) is 17.8. The molecule has 12 nitrogen and oxygen atoms in total. The lowest BCUT2D eigenvalue weighted by Gasteiger charge is -2.38. The van der Waals surface area contributed by atoms with Gasteiger partial charge in [0.2, 0.25) is 5.89 Å². The maximum atomic E-state index is 13.8. The number of aliphatic hydroxyl groups is 1. The number of hydrogen-bond donors (Lipinski definition) is 2. The van der Waals surface area contributed by atoms with Gasteiger partial charge in [0.15, 0.2) is 5.69 Å². The van der Waals surface area contributed by atoms with Crippen molar-refractivity contribution >= 4 is 23.9 Å². The van der Waals surface area contributed by atoms with Crippen molar-refractivity contribution in [3.8, 4) is 0 Å². The van der Waals surface area contributed by atoms with Gasteiger partial charge in [-0.05, 0) is 59.8 Å². The fourth-order valence-corrected chi connectivity index (χ4v) is 6.99. The van der Waals surface area contributed by atoms with Gasteiger partial charge in [0.25, 0.3) is 5.91 Å². The lowest BCUT2D eigenvalue weighted by Crippen LogP contribution is -2.47. The number of nitrogens with one attached hydrogen (secondary N) is 1. The molecule has 12 heteroatoms. The van der Waals surface area contributed by atoms with Gasteiger partial charge < -0.3 is 34.3 Å². The molecular weight excluding hydrogens is 614 g/mol. The van der Waals surface area contributed by atoms with Crippen LogP contribution in [0.3, 0.4) is 0 Å². The van der Waals surface area contributed by atoms with E-state index in [-0.39, 0.29) is 42.0 Å². The van der Waals surface area contributed by atoms with Crippen LogP contribution in [-0.4, -0.2) is 126 Å². The SMILES string of the molecule is CC1=C\[C@@H](O)CC(=O)Cc2nc(co2)C(=O)N2CCC[C@@H]2C(=O)O[C@H]([C@@H](C)CN2CCC(N(C)C)CC2)[C@H](C)/C=C(/C=O)CNC\C=C\1. The third-order valence-corrected chi connectivity index (χ3v) is 9.56. The minimum Gasteiger partial charge on any atom is -0.460 e. The van der Waals surface area contributed by atoms with Crippen molar-refractivity contribution in [1.82, 2.24) is 25.0 Å². The molecule has 48 heavy (non-hydrogen) atoms. The number of carbonyl (C=O) groups excluding carboxylic acids is 4. The number of aldehydes is 1. The highest BCUT2D eigenvalue weighted by Gasteiger charge is 2.39. The number of esters is 1. The Labute approximate surface area is 284 Å². The molecule has 2 fully saturated rings. The summed E-state index contributed by atoms with van der Waals surface area (Å²) < 4.78 is 11.7. The standard InChI is InChI=1S/C36H53N5O7/c1-24-8-6-12-37-20-27(22-42)17-25(2)34(26(3)21-40-14-10-28(11-15-40)39(4)5)48-36(46)32-9-7-13-41(32)35(45)31-23-47-33(38-31)19-30(44)18-29(43)16-24/h6,8,16-17,22-23,25-26,28-29,32,34,37,43H,7,9-15,18-21H2,1-5H3/b8-6+,24-16+,27-17+/t25-,26+,29-,32-,34+/m1/s1. The maximum absolute atomic E-state index is 13.8. The first-order valence-electron chi connectivity index (χ1n) is 17.2. The first-order chi connectivity index (χ1) is 22.9. The van der Waals surface area contributed by atoms with E-state index in [1.54, 1.807) is 6.08 Å². The van der Waals surface area contributed by atoms with Crippen molar-refractivity contribution in [2.24, 2.45) is 11.8 Å². The molecule has 2 N–H and O–H groups in total. The molecule has 1 amide bonds. The molecule has 1 aromatic heterocycles. The fourth-order valence-electron chi connectivity index (χ4n) is 6.99. The lowest BCUT2D eigenvalue weighted by atomic mass is 9.90. The van der Waals surface area contributed by atoms with Crippen molar-refractivity contribution in [2.75, 3.05) is 53.4 Å². The van der Waals surface area contributed by atoms with Crippen LogP contribution in [0.15, 0.2) is 46.1 Å². The number of carbonyl (C=O) groups is 4. The molecule has 5 atom stereocenters. The fraction of sp³-hybridized carbons (Fsp3) is 0.639. The van der Waals surface area contributed by atoms with E-state index in [0.717, 1.165) is 44.3 Å². The minimum absolute atomic E-state index is 0.0165. The zero-order valence-corrected chi connectivity index (χ0v) is 29.1. The zero-order valence-electron chi connectivity index (χ0n) is 29.1. The van der Waals surface area contributed by atoms with E-state index in [0.29, 0.717) is 44.1 Å². The van der Waals surface area contributed by atoms with Crippen molar-refractivity contribution in [3.05, 3.63) is 53.3 Å². The summed E-state index contributed by atoms with van der Waals surface area (Å²) in [5.41, 5.74) is 1.35. The van der Waals surface area contributed by atoms with Crippen LogP contribution < -0.4 is 5.32 Å². The quantitative estimate of drug-likeness (QED) is 0.353. The van der Waals surface area contributed by atoms with Gasteiger partial charge in [-0.1, -0.05) is 43.7 Å². The van der Waals surface area contributed by atoms with E-state index in [9.17, 15) is 24.3 Å². The Morgan fingerprint density at radius 2 is 1.90 bits per heavy atom. The Morgan fingerprint density at radius 1 is 1.15 bits per heavy atom. The third-order valence-electron chi connectivity index (χ3n) is 9.56. The van der Waals surface area contributed by atoms with Crippen LogP contribution in [0.25, 0.3) is 0 Å². The summed E-state index contributed by atoms with van der Waals surface area (Å²) in [6.45, 7) is 9.71. The first kappa shape index (κ1) is 37.4. The van der Waals surface area contributed by atoms with E-state index in [4.69, 9.17) is 9.15 Å². The van der Waals surface area contributed by atoms with Crippen LogP contribution in [0.2, 0.25) is 0 Å². The Kier molecular flexibility index (Phi) is 13.9. The number of hydrogen-bond acceptors (Lipinski definition) is 11. The topological polar surface area (TPSA) is 146 Å². The first-order valence-corrected chi connectivity index (χ1v) is 17.2. The van der Waals surface area contributed by atoms with Gasteiger partial charge in [-0.15, -0.1) is 0 Å². The van der Waals surface area contributed by atoms with Crippen molar-refractivity contribution in [1.29, 1.82) is 0 Å². The van der Waals surface area contributed by atoms with E-state index in [1.807, 2.05) is 32.1 Å². The Balaban J connectivity index is 1.58. The molecule has 0 spiro atoms. The van der Waals surface area contributed by atoms with Crippen LogP contribution in [-0.2, 0) is 25.5 Å². The van der Waals surface area contributed by atoms with Crippen LogP contribution in [0, 0.1) is 11.8 Å². The average molecular weight is 668 g/mol. The third kappa shape index (κ3) is 10.5. The smallest absolute Gasteiger partial charge is 0.329 e. The predicted molar refractivity (Wildman–Crippen MR) is 181 cm³/mol. The summed E-state index contributed by atoms with van der Waals surface area (Å²) in [7, 11) is 4.23. The van der Waals surface area contributed by atoms with Crippen molar-refractivity contribution in [2.45, 2.75) is 83.6 Å². The molecule has 0 aromatic carbocycles. The lowest BCUT2D eigenvalue weighted by molar-refractivity contribution is -0.158. The van der Waals surface area contributed by atoms with Gasteiger partial charge in [0.05, 0.1) is 12.5 Å².